The number of benzene rings is 1. The van der Waals surface area contributed by atoms with Gasteiger partial charge in [-0.25, -0.2) is 4.39 Å². The zero-order chi connectivity index (χ0) is 18.9. The Labute approximate surface area is 128 Å². The molecule has 0 aliphatic heterocycles. The number of nitrogens with one attached hydrogen (secondary N) is 1. The van der Waals surface area contributed by atoms with Gasteiger partial charge in [0.25, 0.3) is 0 Å². The molecule has 0 aliphatic rings. The number of carbonyl (C=O) groups excluding carboxylic acids is 1. The second kappa shape index (κ2) is 6.40. The maximum absolute atomic E-state index is 13.9. The van der Waals surface area contributed by atoms with Crippen LogP contribution in [-0.4, -0.2) is 24.9 Å². The molecule has 0 saturated carbocycles. The summed E-state index contributed by atoms with van der Waals surface area (Å²) in [6.45, 7) is -2.75. The Bertz CT molecular complexity index is 596. The molecule has 1 rings (SSSR count). The second-order valence-corrected chi connectivity index (χ2v) is 4.42. The molecule has 3 nitrogen and oxygen atoms in total. The lowest BCUT2D eigenvalue weighted by Gasteiger charge is -2.30. The van der Waals surface area contributed by atoms with Gasteiger partial charge in [-0.15, -0.1) is 0 Å². The molecule has 1 N–H and O–H groups in total. The van der Waals surface area contributed by atoms with E-state index in [1.165, 1.54) is 0 Å². The number of amides is 1. The maximum Gasteiger partial charge on any atom is 0.435 e. The summed E-state index contributed by atoms with van der Waals surface area (Å²) in [6.07, 6.45) is -12.8. The molecular formula is C12H8F9NO2. The summed E-state index contributed by atoms with van der Waals surface area (Å²) in [4.78, 5) is 10.9. The van der Waals surface area contributed by atoms with Crippen LogP contribution in [0.2, 0.25) is 0 Å². The Morgan fingerprint density at radius 2 is 1.54 bits per heavy atom. The molecular weight excluding hydrogens is 361 g/mol. The number of hydrogen-bond donors (Lipinski definition) is 1. The third-order valence-electron chi connectivity index (χ3n) is 2.69. The van der Waals surface area contributed by atoms with E-state index in [0.29, 0.717) is 6.07 Å². The number of anilines is 1. The van der Waals surface area contributed by atoms with Crippen LogP contribution in [0, 0.1) is 0 Å². The van der Waals surface area contributed by atoms with Crippen molar-refractivity contribution < 1.29 is 49.0 Å². The molecule has 0 saturated heterocycles. The predicted octanol–water partition coefficient (Wildman–Crippen LogP) is 4.54. The van der Waals surface area contributed by atoms with Gasteiger partial charge in [0.05, 0.1) is 5.69 Å². The zero-order valence-electron chi connectivity index (χ0n) is 11.5. The van der Waals surface area contributed by atoms with E-state index in [0.717, 1.165) is 6.92 Å². The first kappa shape index (κ1) is 19.9. The van der Waals surface area contributed by atoms with Crippen molar-refractivity contribution in [3.63, 3.8) is 0 Å². The van der Waals surface area contributed by atoms with E-state index in [2.05, 4.69) is 4.74 Å². The first-order valence-electron chi connectivity index (χ1n) is 5.89. The van der Waals surface area contributed by atoms with Gasteiger partial charge in [-0.1, -0.05) is 6.07 Å². The van der Waals surface area contributed by atoms with E-state index in [-0.39, 0.29) is 12.1 Å². The fourth-order valence-electron chi connectivity index (χ4n) is 1.71. The quantitative estimate of drug-likeness (QED) is 0.792. The van der Waals surface area contributed by atoms with Crippen LogP contribution in [0.5, 0.6) is 5.75 Å². The normalized spacial score (nSPS) is 13.1. The van der Waals surface area contributed by atoms with Gasteiger partial charge in [0.15, 0.2) is 0 Å². The minimum atomic E-state index is -6.41. The van der Waals surface area contributed by atoms with E-state index in [4.69, 9.17) is 0 Å². The highest BCUT2D eigenvalue weighted by Crippen LogP contribution is 2.54. The molecule has 136 valence electrons. The number of hydrogen-bond acceptors (Lipinski definition) is 2. The fourth-order valence-corrected chi connectivity index (χ4v) is 1.71. The van der Waals surface area contributed by atoms with Crippen molar-refractivity contribution in [1.29, 1.82) is 0 Å². The third kappa shape index (κ3) is 3.85. The number of carbonyl (C=O) groups is 1. The van der Waals surface area contributed by atoms with Crippen LogP contribution < -0.4 is 10.1 Å². The van der Waals surface area contributed by atoms with Gasteiger partial charge in [-0.2, -0.15) is 35.1 Å². The van der Waals surface area contributed by atoms with E-state index < -0.39 is 47.5 Å². The van der Waals surface area contributed by atoms with Gasteiger partial charge in [-0.3, -0.25) is 4.79 Å². The molecule has 1 amide bonds. The summed E-state index contributed by atoms with van der Waals surface area (Å²) in [7, 11) is 0. The van der Waals surface area contributed by atoms with E-state index in [1.807, 2.05) is 5.32 Å². The number of ether oxygens (including phenoxy) is 1. The first-order valence-corrected chi connectivity index (χ1v) is 5.89. The first-order chi connectivity index (χ1) is 10.7. The molecule has 1 aromatic rings. The molecule has 0 fully saturated rings. The minimum Gasteiger partial charge on any atom is -0.433 e. The van der Waals surface area contributed by atoms with Crippen molar-refractivity contribution in [3.8, 4) is 5.75 Å². The molecule has 24 heavy (non-hydrogen) atoms. The van der Waals surface area contributed by atoms with Crippen LogP contribution in [-0.2, 0) is 10.5 Å². The zero-order valence-corrected chi connectivity index (χ0v) is 11.5. The molecule has 0 unspecified atom stereocenters. The van der Waals surface area contributed by atoms with Crippen molar-refractivity contribution >= 4 is 11.6 Å². The highest BCUT2D eigenvalue weighted by molar-refractivity contribution is 5.90. The summed E-state index contributed by atoms with van der Waals surface area (Å²) in [5.41, 5.74) is -8.49. The summed E-state index contributed by atoms with van der Waals surface area (Å²) in [5.74, 6) is -2.13. The fraction of sp³-hybridized carbons (Fsp3) is 0.417. The van der Waals surface area contributed by atoms with Crippen LogP contribution in [0.1, 0.15) is 12.5 Å². The molecule has 0 atom stereocenters. The minimum absolute atomic E-state index is 0.0601. The molecule has 0 aromatic heterocycles. The Balaban J connectivity index is 3.55. The monoisotopic (exact) mass is 369 g/mol. The van der Waals surface area contributed by atoms with Crippen molar-refractivity contribution in [2.24, 2.45) is 0 Å². The molecule has 1 aromatic carbocycles. The van der Waals surface area contributed by atoms with Gasteiger partial charge >= 0.3 is 24.6 Å². The lowest BCUT2D eigenvalue weighted by molar-refractivity contribution is -0.348. The van der Waals surface area contributed by atoms with E-state index in [1.54, 1.807) is 0 Å². The Morgan fingerprint density at radius 3 is 1.92 bits per heavy atom. The average molecular weight is 369 g/mol. The van der Waals surface area contributed by atoms with Crippen molar-refractivity contribution in [1.82, 2.24) is 0 Å². The summed E-state index contributed by atoms with van der Waals surface area (Å²) < 4.78 is 118. The highest BCUT2D eigenvalue weighted by Gasteiger charge is 2.73. The third-order valence-corrected chi connectivity index (χ3v) is 2.69. The molecule has 12 heteroatoms. The predicted molar refractivity (Wildman–Crippen MR) is 62.3 cm³/mol. The number of alkyl halides is 9. The number of halogens is 9. The summed E-state index contributed by atoms with van der Waals surface area (Å²) in [6, 6.07) is 0.253. The van der Waals surface area contributed by atoms with Gasteiger partial charge in [0.1, 0.15) is 5.75 Å². The second-order valence-electron chi connectivity index (χ2n) is 4.42. The van der Waals surface area contributed by atoms with Crippen LogP contribution in [0.3, 0.4) is 0 Å². The van der Waals surface area contributed by atoms with Crippen LogP contribution in [0.15, 0.2) is 18.2 Å². The van der Waals surface area contributed by atoms with E-state index >= 15 is 0 Å². The van der Waals surface area contributed by atoms with Gasteiger partial charge in [0, 0.05) is 12.5 Å². The van der Waals surface area contributed by atoms with Crippen LogP contribution in [0.25, 0.3) is 0 Å². The Hall–Kier alpha value is -2.14. The summed E-state index contributed by atoms with van der Waals surface area (Å²) >= 11 is 0. The molecule has 0 radical (unpaired) electrons. The van der Waals surface area contributed by atoms with E-state index in [9.17, 15) is 44.3 Å². The Kier molecular flexibility index (Phi) is 5.31. The molecule has 0 heterocycles. The lowest BCUT2D eigenvalue weighted by atomic mass is 9.93. The Morgan fingerprint density at radius 1 is 1.04 bits per heavy atom. The largest absolute Gasteiger partial charge is 0.435 e. The highest BCUT2D eigenvalue weighted by atomic mass is 19.4. The smallest absolute Gasteiger partial charge is 0.433 e. The van der Waals surface area contributed by atoms with Crippen molar-refractivity contribution in [2.75, 3.05) is 5.32 Å². The maximum atomic E-state index is 13.9. The topological polar surface area (TPSA) is 38.3 Å². The molecule has 0 spiro atoms. The summed E-state index contributed by atoms with van der Waals surface area (Å²) in [5, 5.41) is 1.85. The van der Waals surface area contributed by atoms with Crippen LogP contribution >= 0.6 is 0 Å². The standard InChI is InChI=1S/C12H8F9NO2/c1-5(23)22-7-3-2-6(4-8(7)24-9(13)14)10(15,11(16,17)18)12(19,20)21/h2-4,9H,1H3,(H,22,23). The average Bonchev–Trinajstić information content (AvgIpc) is 2.36. The van der Waals surface area contributed by atoms with Gasteiger partial charge in [-0.05, 0) is 12.1 Å². The van der Waals surface area contributed by atoms with Crippen molar-refractivity contribution in [3.05, 3.63) is 23.8 Å². The van der Waals surface area contributed by atoms with Crippen LogP contribution in [0.4, 0.5) is 45.2 Å². The van der Waals surface area contributed by atoms with Gasteiger partial charge < -0.3 is 10.1 Å². The molecule has 0 bridgehead atoms. The lowest BCUT2D eigenvalue weighted by Crippen LogP contribution is -2.50. The SMILES string of the molecule is CC(=O)Nc1ccc(C(F)(C(F)(F)F)C(F)(F)F)cc1OC(F)F. The number of rotatable bonds is 4. The van der Waals surface area contributed by atoms with Gasteiger partial charge in [0.2, 0.25) is 5.91 Å². The molecule has 0 aliphatic carbocycles. The van der Waals surface area contributed by atoms with Crippen molar-refractivity contribution in [2.45, 2.75) is 31.6 Å².